The fraction of sp³-hybridized carbons (Fsp3) is 0.538. The number of aliphatic carboxylic acids is 1. The smallest absolute Gasteiger partial charge is 0.305 e. The van der Waals surface area contributed by atoms with Gasteiger partial charge < -0.3 is 14.9 Å². The van der Waals surface area contributed by atoms with Gasteiger partial charge in [-0.1, -0.05) is 0 Å². The molecule has 0 spiro atoms. The highest BCUT2D eigenvalue weighted by Gasteiger charge is 2.20. The Morgan fingerprint density at radius 1 is 1.30 bits per heavy atom. The van der Waals surface area contributed by atoms with Crippen molar-refractivity contribution in [2.75, 3.05) is 25.0 Å². The van der Waals surface area contributed by atoms with Crippen LogP contribution in [0.1, 0.15) is 20.3 Å². The first-order chi connectivity index (χ1) is 9.41. The minimum absolute atomic E-state index is 0.0491. The fourth-order valence-corrected chi connectivity index (χ4v) is 1.74. The molecule has 0 aliphatic carbocycles. The lowest BCUT2D eigenvalue weighted by molar-refractivity contribution is -0.138. The summed E-state index contributed by atoms with van der Waals surface area (Å²) in [6.07, 6.45) is 3.15. The summed E-state index contributed by atoms with van der Waals surface area (Å²) in [5.41, 5.74) is 0. The summed E-state index contributed by atoms with van der Waals surface area (Å²) < 4.78 is 0. The zero-order chi connectivity index (χ0) is 15.1. The molecular formula is C13H20N4O3. The van der Waals surface area contributed by atoms with E-state index < -0.39 is 5.97 Å². The number of likely N-dealkylation sites (N-methyl/N-ethyl adjacent to an activating group) is 1. The second kappa shape index (κ2) is 7.42. The third kappa shape index (κ3) is 4.83. The van der Waals surface area contributed by atoms with Crippen molar-refractivity contribution in [3.8, 4) is 0 Å². The molecule has 0 radical (unpaired) electrons. The van der Waals surface area contributed by atoms with Crippen LogP contribution in [0.3, 0.4) is 0 Å². The van der Waals surface area contributed by atoms with Crippen LogP contribution in [0, 0.1) is 0 Å². The molecule has 1 rings (SSSR count). The zero-order valence-electron chi connectivity index (χ0n) is 12.0. The molecule has 1 N–H and O–H groups in total. The molecule has 1 aromatic rings. The summed E-state index contributed by atoms with van der Waals surface area (Å²) in [7, 11) is 1.73. The maximum absolute atomic E-state index is 12.2. The quantitative estimate of drug-likeness (QED) is 0.788. The summed E-state index contributed by atoms with van der Waals surface area (Å²) in [5, 5.41) is 8.72. The van der Waals surface area contributed by atoms with Crippen LogP contribution in [0.25, 0.3) is 0 Å². The highest BCUT2D eigenvalue weighted by molar-refractivity contribution is 5.81. The Hall–Kier alpha value is -2.18. The third-order valence-electron chi connectivity index (χ3n) is 2.78. The van der Waals surface area contributed by atoms with Gasteiger partial charge in [-0.3, -0.25) is 9.59 Å². The molecule has 7 heteroatoms. The number of aromatic nitrogens is 2. The molecule has 0 aromatic carbocycles. The van der Waals surface area contributed by atoms with Gasteiger partial charge in [0.2, 0.25) is 11.9 Å². The summed E-state index contributed by atoms with van der Waals surface area (Å²) in [6, 6.07) is 1.65. The molecule has 7 nitrogen and oxygen atoms in total. The molecule has 0 atom stereocenters. The minimum atomic E-state index is -0.914. The van der Waals surface area contributed by atoms with Gasteiger partial charge in [-0.15, -0.1) is 0 Å². The standard InChI is InChI=1S/C13H20N4O3/c1-10(2)17(8-5-12(19)20)11(18)9-16(3)13-14-6-4-7-15-13/h4,6-7,10H,5,8-9H2,1-3H3,(H,19,20). The van der Waals surface area contributed by atoms with Crippen molar-refractivity contribution in [2.45, 2.75) is 26.3 Å². The largest absolute Gasteiger partial charge is 0.481 e. The predicted molar refractivity (Wildman–Crippen MR) is 74.4 cm³/mol. The average molecular weight is 280 g/mol. The van der Waals surface area contributed by atoms with E-state index in [1.165, 1.54) is 0 Å². The summed E-state index contributed by atoms with van der Waals surface area (Å²) in [6.45, 7) is 4.04. The summed E-state index contributed by atoms with van der Waals surface area (Å²) in [5.74, 6) is -0.595. The van der Waals surface area contributed by atoms with Crippen molar-refractivity contribution in [2.24, 2.45) is 0 Å². The number of carboxylic acids is 1. The SMILES string of the molecule is CC(C)N(CCC(=O)O)C(=O)CN(C)c1ncccn1. The molecule has 0 aliphatic heterocycles. The zero-order valence-corrected chi connectivity index (χ0v) is 12.0. The van der Waals surface area contributed by atoms with E-state index >= 15 is 0 Å². The molecule has 1 amide bonds. The predicted octanol–water partition coefficient (Wildman–Crippen LogP) is 0.624. The maximum Gasteiger partial charge on any atom is 0.305 e. The van der Waals surface area contributed by atoms with Crippen LogP contribution >= 0.6 is 0 Å². The first-order valence-electron chi connectivity index (χ1n) is 6.41. The number of hydrogen-bond donors (Lipinski definition) is 1. The van der Waals surface area contributed by atoms with Crippen LogP contribution in [-0.4, -0.2) is 58.0 Å². The van der Waals surface area contributed by atoms with Crippen molar-refractivity contribution in [3.63, 3.8) is 0 Å². The van der Waals surface area contributed by atoms with E-state index in [-0.39, 0.29) is 31.5 Å². The van der Waals surface area contributed by atoms with Crippen LogP contribution in [-0.2, 0) is 9.59 Å². The first-order valence-corrected chi connectivity index (χ1v) is 6.41. The van der Waals surface area contributed by atoms with E-state index in [0.29, 0.717) is 5.95 Å². The van der Waals surface area contributed by atoms with E-state index in [4.69, 9.17) is 5.11 Å². The molecule has 0 saturated carbocycles. The van der Waals surface area contributed by atoms with E-state index in [1.54, 1.807) is 35.3 Å². The number of anilines is 1. The number of nitrogens with zero attached hydrogens (tertiary/aromatic N) is 4. The van der Waals surface area contributed by atoms with E-state index in [9.17, 15) is 9.59 Å². The Balaban J connectivity index is 2.64. The molecule has 20 heavy (non-hydrogen) atoms. The lowest BCUT2D eigenvalue weighted by Crippen LogP contribution is -2.44. The second-order valence-corrected chi connectivity index (χ2v) is 4.73. The highest BCUT2D eigenvalue weighted by Crippen LogP contribution is 2.06. The van der Waals surface area contributed by atoms with Crippen molar-refractivity contribution >= 4 is 17.8 Å². The number of carbonyl (C=O) groups is 2. The van der Waals surface area contributed by atoms with Gasteiger partial charge >= 0.3 is 5.97 Å². The van der Waals surface area contributed by atoms with Crippen molar-refractivity contribution < 1.29 is 14.7 Å². The molecule has 1 aromatic heterocycles. The normalized spacial score (nSPS) is 10.4. The number of amides is 1. The number of carbonyl (C=O) groups excluding carboxylic acids is 1. The average Bonchev–Trinajstić information content (AvgIpc) is 2.39. The molecular weight excluding hydrogens is 260 g/mol. The highest BCUT2D eigenvalue weighted by atomic mass is 16.4. The van der Waals surface area contributed by atoms with Gasteiger partial charge in [0.25, 0.3) is 0 Å². The van der Waals surface area contributed by atoms with Crippen LogP contribution < -0.4 is 4.90 Å². The van der Waals surface area contributed by atoms with Crippen LogP contribution in [0.15, 0.2) is 18.5 Å². The third-order valence-corrected chi connectivity index (χ3v) is 2.78. The molecule has 0 bridgehead atoms. The van der Waals surface area contributed by atoms with E-state index in [1.807, 2.05) is 13.8 Å². The monoisotopic (exact) mass is 280 g/mol. The number of hydrogen-bond acceptors (Lipinski definition) is 5. The van der Waals surface area contributed by atoms with Crippen LogP contribution in [0.5, 0.6) is 0 Å². The Labute approximate surface area is 118 Å². The molecule has 0 fully saturated rings. The van der Waals surface area contributed by atoms with Gasteiger partial charge in [-0.25, -0.2) is 9.97 Å². The van der Waals surface area contributed by atoms with Gasteiger partial charge in [-0.2, -0.15) is 0 Å². The number of rotatable bonds is 7. The van der Waals surface area contributed by atoms with Crippen molar-refractivity contribution in [1.82, 2.24) is 14.9 Å². The Bertz CT molecular complexity index is 450. The lowest BCUT2D eigenvalue weighted by Gasteiger charge is -2.28. The van der Waals surface area contributed by atoms with E-state index in [2.05, 4.69) is 9.97 Å². The Morgan fingerprint density at radius 2 is 1.90 bits per heavy atom. The van der Waals surface area contributed by atoms with Crippen LogP contribution in [0.4, 0.5) is 5.95 Å². The van der Waals surface area contributed by atoms with Crippen LogP contribution in [0.2, 0.25) is 0 Å². The second-order valence-electron chi connectivity index (χ2n) is 4.73. The van der Waals surface area contributed by atoms with Gasteiger partial charge in [0.15, 0.2) is 0 Å². The Morgan fingerprint density at radius 3 is 2.40 bits per heavy atom. The van der Waals surface area contributed by atoms with E-state index in [0.717, 1.165) is 0 Å². The topological polar surface area (TPSA) is 86.6 Å². The van der Waals surface area contributed by atoms with Crippen molar-refractivity contribution in [1.29, 1.82) is 0 Å². The van der Waals surface area contributed by atoms with Gasteiger partial charge in [-0.05, 0) is 19.9 Å². The molecule has 0 unspecified atom stereocenters. The maximum atomic E-state index is 12.2. The lowest BCUT2D eigenvalue weighted by atomic mass is 10.2. The first kappa shape index (κ1) is 15.9. The molecule has 110 valence electrons. The molecule has 0 aliphatic rings. The summed E-state index contributed by atoms with van der Waals surface area (Å²) in [4.78, 5) is 34.1. The van der Waals surface area contributed by atoms with Gasteiger partial charge in [0.1, 0.15) is 0 Å². The summed E-state index contributed by atoms with van der Waals surface area (Å²) >= 11 is 0. The van der Waals surface area contributed by atoms with Gasteiger partial charge in [0.05, 0.1) is 13.0 Å². The number of carboxylic acid groups (broad SMARTS) is 1. The Kier molecular flexibility index (Phi) is 5.89. The van der Waals surface area contributed by atoms with Crippen molar-refractivity contribution in [3.05, 3.63) is 18.5 Å². The molecule has 1 heterocycles. The van der Waals surface area contributed by atoms with Gasteiger partial charge in [0, 0.05) is 32.0 Å². The fourth-order valence-electron chi connectivity index (χ4n) is 1.74. The minimum Gasteiger partial charge on any atom is -0.481 e. The molecule has 0 saturated heterocycles.